The molecule has 3 rings (SSSR count). The average Bonchev–Trinajstić information content (AvgIpc) is 3.34. The van der Waals surface area contributed by atoms with E-state index in [1.807, 2.05) is 0 Å². The van der Waals surface area contributed by atoms with Crippen LogP contribution in [0.2, 0.25) is 0 Å². The fraction of sp³-hybridized carbons (Fsp3) is 0.136. The molecule has 33 heavy (non-hydrogen) atoms. The molecule has 3 aromatic rings. The van der Waals surface area contributed by atoms with Crippen molar-refractivity contribution in [1.82, 2.24) is 5.32 Å². The normalized spacial score (nSPS) is 10.4. The van der Waals surface area contributed by atoms with E-state index in [4.69, 9.17) is 9.15 Å². The molecule has 0 aliphatic rings. The highest BCUT2D eigenvalue weighted by atomic mass is 19.3. The Bertz CT molecular complexity index is 1120. The number of rotatable bonds is 9. The zero-order chi connectivity index (χ0) is 23.8. The van der Waals surface area contributed by atoms with Gasteiger partial charge in [0.05, 0.1) is 19.9 Å². The summed E-state index contributed by atoms with van der Waals surface area (Å²) >= 11 is 0. The number of carbonyl (C=O) groups excluding carboxylic acids is 3. The third-order valence-electron chi connectivity index (χ3n) is 4.22. The van der Waals surface area contributed by atoms with Crippen molar-refractivity contribution in [2.45, 2.75) is 6.61 Å². The minimum Gasteiger partial charge on any atom is -0.493 e. The van der Waals surface area contributed by atoms with Gasteiger partial charge < -0.3 is 29.8 Å². The molecule has 9 nitrogen and oxygen atoms in total. The largest absolute Gasteiger partial charge is 0.493 e. The quantitative estimate of drug-likeness (QED) is 0.451. The van der Waals surface area contributed by atoms with Crippen LogP contribution in [0.3, 0.4) is 0 Å². The SMILES string of the molecule is COc1cc(C(=O)NCC(=O)Nc2ccc(NC(=O)c3ccco3)cc2)ccc1OC(F)F. The first-order valence-corrected chi connectivity index (χ1v) is 9.51. The van der Waals surface area contributed by atoms with Gasteiger partial charge in [-0.15, -0.1) is 0 Å². The van der Waals surface area contributed by atoms with Crippen LogP contribution in [-0.2, 0) is 4.79 Å². The number of amides is 3. The molecule has 0 aliphatic carbocycles. The van der Waals surface area contributed by atoms with Crippen LogP contribution >= 0.6 is 0 Å². The molecule has 0 radical (unpaired) electrons. The van der Waals surface area contributed by atoms with Gasteiger partial charge in [-0.3, -0.25) is 14.4 Å². The monoisotopic (exact) mass is 459 g/mol. The fourth-order valence-corrected chi connectivity index (χ4v) is 2.71. The Hall–Kier alpha value is -4.41. The van der Waals surface area contributed by atoms with Crippen LogP contribution in [0.15, 0.2) is 65.3 Å². The summed E-state index contributed by atoms with van der Waals surface area (Å²) in [6.45, 7) is -3.38. The third-order valence-corrected chi connectivity index (χ3v) is 4.22. The molecular weight excluding hydrogens is 440 g/mol. The van der Waals surface area contributed by atoms with Crippen molar-refractivity contribution < 1.29 is 37.1 Å². The van der Waals surface area contributed by atoms with Gasteiger partial charge >= 0.3 is 6.61 Å². The van der Waals surface area contributed by atoms with E-state index < -0.39 is 24.3 Å². The van der Waals surface area contributed by atoms with Crippen LogP contribution in [0.25, 0.3) is 0 Å². The Morgan fingerprint density at radius 3 is 2.24 bits per heavy atom. The summed E-state index contributed by atoms with van der Waals surface area (Å²) in [5.74, 6) is -1.62. The number of halogens is 2. The highest BCUT2D eigenvalue weighted by Gasteiger charge is 2.15. The van der Waals surface area contributed by atoms with Crippen molar-refractivity contribution in [3.05, 3.63) is 72.2 Å². The van der Waals surface area contributed by atoms with Gasteiger partial charge in [0, 0.05) is 16.9 Å². The molecule has 11 heteroatoms. The second kappa shape index (κ2) is 10.8. The molecule has 0 fully saturated rings. The summed E-state index contributed by atoms with van der Waals surface area (Å²) < 4.78 is 39.1. The number of hydrogen-bond donors (Lipinski definition) is 3. The standard InChI is InChI=1S/C22H19F2N3O6/c1-31-18-11-13(4-9-16(18)33-22(23)24)20(29)25-12-19(28)26-14-5-7-15(8-6-14)27-21(30)17-3-2-10-32-17/h2-11,22H,12H2,1H3,(H,25,29)(H,26,28)(H,27,30). The van der Waals surface area contributed by atoms with E-state index in [-0.39, 0.29) is 29.4 Å². The van der Waals surface area contributed by atoms with E-state index >= 15 is 0 Å². The topological polar surface area (TPSA) is 119 Å². The molecule has 172 valence electrons. The van der Waals surface area contributed by atoms with E-state index in [0.29, 0.717) is 11.4 Å². The van der Waals surface area contributed by atoms with Crippen molar-refractivity contribution in [2.24, 2.45) is 0 Å². The predicted octanol–water partition coefficient (Wildman–Crippen LogP) is 3.51. The van der Waals surface area contributed by atoms with Gasteiger partial charge in [0.15, 0.2) is 17.3 Å². The molecule has 0 unspecified atom stereocenters. The van der Waals surface area contributed by atoms with E-state index in [1.54, 1.807) is 30.3 Å². The van der Waals surface area contributed by atoms with Crippen LogP contribution < -0.4 is 25.4 Å². The van der Waals surface area contributed by atoms with Gasteiger partial charge in [-0.2, -0.15) is 8.78 Å². The van der Waals surface area contributed by atoms with Gasteiger partial charge in [-0.25, -0.2) is 0 Å². The number of carbonyl (C=O) groups is 3. The smallest absolute Gasteiger partial charge is 0.387 e. The number of nitrogens with one attached hydrogen (secondary N) is 3. The lowest BCUT2D eigenvalue weighted by Gasteiger charge is -2.12. The number of hydrogen-bond acceptors (Lipinski definition) is 6. The molecule has 1 aromatic heterocycles. The van der Waals surface area contributed by atoms with E-state index in [1.165, 1.54) is 37.6 Å². The lowest BCUT2D eigenvalue weighted by atomic mass is 10.2. The Balaban J connectivity index is 1.50. The number of ether oxygens (including phenoxy) is 2. The molecule has 0 aliphatic heterocycles. The number of methoxy groups -OCH3 is 1. The summed E-state index contributed by atoms with van der Waals surface area (Å²) in [6.07, 6.45) is 1.39. The molecular formula is C22H19F2N3O6. The van der Waals surface area contributed by atoms with Crippen LogP contribution in [0, 0.1) is 0 Å². The summed E-state index contributed by atoms with van der Waals surface area (Å²) in [7, 11) is 1.25. The number of benzene rings is 2. The molecule has 1 heterocycles. The molecule has 0 saturated heterocycles. The molecule has 0 spiro atoms. The van der Waals surface area contributed by atoms with Gasteiger partial charge in [-0.05, 0) is 54.6 Å². The van der Waals surface area contributed by atoms with Gasteiger partial charge in [0.25, 0.3) is 11.8 Å². The molecule has 0 bridgehead atoms. The first-order valence-electron chi connectivity index (χ1n) is 9.51. The Labute approximate surface area is 186 Å². The molecule has 0 saturated carbocycles. The molecule has 0 atom stereocenters. The highest BCUT2D eigenvalue weighted by Crippen LogP contribution is 2.29. The minimum atomic E-state index is -3.04. The molecule has 2 aromatic carbocycles. The van der Waals surface area contributed by atoms with Crippen molar-refractivity contribution in [3.8, 4) is 11.5 Å². The average molecular weight is 459 g/mol. The van der Waals surface area contributed by atoms with E-state index in [2.05, 4.69) is 20.7 Å². The van der Waals surface area contributed by atoms with Gasteiger partial charge in [0.2, 0.25) is 5.91 Å². The minimum absolute atomic E-state index is 0.0494. The summed E-state index contributed by atoms with van der Waals surface area (Å²) in [5, 5.41) is 7.66. The lowest BCUT2D eigenvalue weighted by Crippen LogP contribution is -2.32. The first kappa shape index (κ1) is 23.3. The Morgan fingerprint density at radius 1 is 0.939 bits per heavy atom. The maximum atomic E-state index is 12.4. The highest BCUT2D eigenvalue weighted by molar-refractivity contribution is 6.02. The van der Waals surface area contributed by atoms with E-state index in [9.17, 15) is 23.2 Å². The van der Waals surface area contributed by atoms with E-state index in [0.717, 1.165) is 0 Å². The fourth-order valence-electron chi connectivity index (χ4n) is 2.71. The zero-order valence-electron chi connectivity index (χ0n) is 17.3. The third kappa shape index (κ3) is 6.53. The maximum Gasteiger partial charge on any atom is 0.387 e. The number of alkyl halides is 2. The Morgan fingerprint density at radius 2 is 1.64 bits per heavy atom. The van der Waals surface area contributed by atoms with Crippen molar-refractivity contribution in [2.75, 3.05) is 24.3 Å². The second-order valence-corrected chi connectivity index (χ2v) is 6.48. The van der Waals surface area contributed by atoms with Crippen molar-refractivity contribution in [1.29, 1.82) is 0 Å². The zero-order valence-corrected chi connectivity index (χ0v) is 17.3. The lowest BCUT2D eigenvalue weighted by molar-refractivity contribution is -0.115. The second-order valence-electron chi connectivity index (χ2n) is 6.48. The summed E-state index contributed by atoms with van der Waals surface area (Å²) in [4.78, 5) is 36.3. The number of anilines is 2. The molecule has 3 amide bonds. The van der Waals surface area contributed by atoms with Crippen LogP contribution in [0.4, 0.5) is 20.2 Å². The Kier molecular flexibility index (Phi) is 7.58. The van der Waals surface area contributed by atoms with Crippen molar-refractivity contribution in [3.63, 3.8) is 0 Å². The predicted molar refractivity (Wildman–Crippen MR) is 114 cm³/mol. The van der Waals surface area contributed by atoms with Gasteiger partial charge in [0.1, 0.15) is 0 Å². The summed E-state index contributed by atoms with van der Waals surface area (Å²) in [5.41, 5.74) is 1.04. The number of furan rings is 1. The van der Waals surface area contributed by atoms with Crippen LogP contribution in [0.5, 0.6) is 11.5 Å². The van der Waals surface area contributed by atoms with Crippen molar-refractivity contribution >= 4 is 29.1 Å². The van der Waals surface area contributed by atoms with Crippen LogP contribution in [-0.4, -0.2) is 38.0 Å². The summed E-state index contributed by atoms with van der Waals surface area (Å²) in [6, 6.07) is 13.1. The maximum absolute atomic E-state index is 12.4. The van der Waals surface area contributed by atoms with Gasteiger partial charge in [-0.1, -0.05) is 0 Å². The van der Waals surface area contributed by atoms with Crippen LogP contribution in [0.1, 0.15) is 20.9 Å². The molecule has 3 N–H and O–H groups in total. The first-order chi connectivity index (χ1) is 15.9.